The predicted octanol–water partition coefficient (Wildman–Crippen LogP) is 2.22. The Hall–Kier alpha value is -1.06. The summed E-state index contributed by atoms with van der Waals surface area (Å²) < 4.78 is 5.21. The van der Waals surface area contributed by atoms with E-state index in [1.54, 1.807) is 20.8 Å². The summed E-state index contributed by atoms with van der Waals surface area (Å²) >= 11 is 0. The smallest absolute Gasteiger partial charge is 0.411 e. The Kier molecular flexibility index (Phi) is 4.31. The summed E-state index contributed by atoms with van der Waals surface area (Å²) in [6, 6.07) is 0. The molecule has 0 saturated heterocycles. The van der Waals surface area contributed by atoms with Gasteiger partial charge in [-0.25, -0.2) is 4.79 Å². The van der Waals surface area contributed by atoms with Crippen LogP contribution < -0.4 is 0 Å². The van der Waals surface area contributed by atoms with E-state index in [0.29, 0.717) is 6.29 Å². The van der Waals surface area contributed by atoms with Crippen LogP contribution in [0.4, 0.5) is 4.79 Å². The van der Waals surface area contributed by atoms with Crippen molar-refractivity contribution in [1.82, 2.24) is 4.90 Å². The molecule has 1 amide bonds. The Labute approximate surface area is 91.6 Å². The van der Waals surface area contributed by atoms with Crippen molar-refractivity contribution in [2.24, 2.45) is 0 Å². The van der Waals surface area contributed by atoms with E-state index in [4.69, 9.17) is 4.74 Å². The van der Waals surface area contributed by atoms with Gasteiger partial charge < -0.3 is 9.53 Å². The maximum absolute atomic E-state index is 11.7. The fourth-order valence-electron chi connectivity index (χ4n) is 1.01. The summed E-state index contributed by atoms with van der Waals surface area (Å²) in [5.41, 5.74) is -0.952. The average Bonchev–Trinajstić information content (AvgIpc) is 1.93. The Morgan fingerprint density at radius 3 is 1.93 bits per heavy atom. The highest BCUT2D eigenvalue weighted by molar-refractivity contribution is 5.72. The van der Waals surface area contributed by atoms with Gasteiger partial charge >= 0.3 is 6.09 Å². The van der Waals surface area contributed by atoms with Gasteiger partial charge in [0.15, 0.2) is 0 Å². The van der Waals surface area contributed by atoms with Crippen LogP contribution in [0.15, 0.2) is 0 Å². The van der Waals surface area contributed by atoms with Gasteiger partial charge in [0.1, 0.15) is 11.9 Å². The molecule has 0 unspecified atom stereocenters. The summed E-state index contributed by atoms with van der Waals surface area (Å²) in [6.07, 6.45) is 0.247. The highest BCUT2D eigenvalue weighted by Gasteiger charge is 2.29. The predicted molar refractivity (Wildman–Crippen MR) is 58.8 cm³/mol. The number of aldehydes is 1. The van der Waals surface area contributed by atoms with Crippen LogP contribution in [0, 0.1) is 0 Å². The zero-order chi connectivity index (χ0) is 12.3. The van der Waals surface area contributed by atoms with Gasteiger partial charge in [-0.15, -0.1) is 0 Å². The fraction of sp³-hybridized carbons (Fsp3) is 0.818. The number of hydrogen-bond donors (Lipinski definition) is 0. The molecule has 0 N–H and O–H groups in total. The van der Waals surface area contributed by atoms with Gasteiger partial charge in [0, 0.05) is 5.54 Å². The van der Waals surface area contributed by atoms with Crippen LogP contribution in [0.2, 0.25) is 0 Å². The van der Waals surface area contributed by atoms with Crippen molar-refractivity contribution in [1.29, 1.82) is 0 Å². The van der Waals surface area contributed by atoms with Crippen LogP contribution >= 0.6 is 0 Å². The fourth-order valence-corrected chi connectivity index (χ4v) is 1.01. The summed E-state index contributed by atoms with van der Waals surface area (Å²) in [5, 5.41) is 0. The molecule has 0 fully saturated rings. The molecule has 0 rings (SSSR count). The normalized spacial score (nSPS) is 12.1. The molecule has 88 valence electrons. The van der Waals surface area contributed by atoms with E-state index in [2.05, 4.69) is 0 Å². The van der Waals surface area contributed by atoms with Crippen molar-refractivity contribution in [3.05, 3.63) is 0 Å². The number of carbonyl (C=O) groups excluding carboxylic acids is 2. The number of amides is 1. The van der Waals surface area contributed by atoms with E-state index in [9.17, 15) is 9.59 Å². The lowest BCUT2D eigenvalue weighted by Crippen LogP contribution is -2.48. The van der Waals surface area contributed by atoms with E-state index in [1.807, 2.05) is 20.8 Å². The number of ether oxygens (including phenoxy) is 1. The molecule has 0 heterocycles. The van der Waals surface area contributed by atoms with Crippen molar-refractivity contribution in [2.45, 2.75) is 52.7 Å². The molecule has 0 aliphatic heterocycles. The second kappa shape index (κ2) is 4.64. The summed E-state index contributed by atoms with van der Waals surface area (Å²) in [6.45, 7) is 11.0. The van der Waals surface area contributed by atoms with Crippen LogP contribution in [-0.2, 0) is 9.53 Å². The minimum absolute atomic E-state index is 0.0540. The Morgan fingerprint density at radius 1 is 1.20 bits per heavy atom. The monoisotopic (exact) mass is 215 g/mol. The quantitative estimate of drug-likeness (QED) is 0.663. The Balaban J connectivity index is 4.65. The molecule has 15 heavy (non-hydrogen) atoms. The van der Waals surface area contributed by atoms with E-state index in [-0.39, 0.29) is 6.54 Å². The van der Waals surface area contributed by atoms with E-state index >= 15 is 0 Å². The zero-order valence-electron chi connectivity index (χ0n) is 10.5. The molecule has 0 bridgehead atoms. The van der Waals surface area contributed by atoms with Crippen LogP contribution in [0.5, 0.6) is 0 Å². The van der Waals surface area contributed by atoms with Crippen LogP contribution in [0.3, 0.4) is 0 Å². The van der Waals surface area contributed by atoms with Crippen LogP contribution in [-0.4, -0.2) is 35.0 Å². The maximum Gasteiger partial charge on any atom is 0.411 e. The topological polar surface area (TPSA) is 46.6 Å². The zero-order valence-corrected chi connectivity index (χ0v) is 10.5. The van der Waals surface area contributed by atoms with Crippen LogP contribution in [0.1, 0.15) is 41.5 Å². The van der Waals surface area contributed by atoms with Gasteiger partial charge in [-0.2, -0.15) is 0 Å². The SMILES string of the molecule is CC(C)(C)OC(=O)N(CC=O)C(C)(C)C. The minimum Gasteiger partial charge on any atom is -0.444 e. The second-order valence-corrected chi connectivity index (χ2v) is 5.43. The first-order valence-electron chi connectivity index (χ1n) is 5.02. The average molecular weight is 215 g/mol. The molecule has 0 aliphatic rings. The van der Waals surface area contributed by atoms with Crippen molar-refractivity contribution in [3.8, 4) is 0 Å². The molecule has 4 nitrogen and oxygen atoms in total. The number of rotatable bonds is 2. The molecule has 4 heteroatoms. The van der Waals surface area contributed by atoms with Gasteiger partial charge in [0.2, 0.25) is 0 Å². The van der Waals surface area contributed by atoms with E-state index in [0.717, 1.165) is 0 Å². The van der Waals surface area contributed by atoms with E-state index in [1.165, 1.54) is 4.90 Å². The summed E-state index contributed by atoms with van der Waals surface area (Å²) in [7, 11) is 0. The lowest BCUT2D eigenvalue weighted by Gasteiger charge is -2.35. The molecule has 0 spiro atoms. The standard InChI is InChI=1S/C11H21NO3/c1-10(2,3)12(7-8-13)9(14)15-11(4,5)6/h8H,7H2,1-6H3. The summed E-state index contributed by atoms with van der Waals surface area (Å²) in [4.78, 5) is 23.6. The third-order valence-electron chi connectivity index (χ3n) is 1.68. The third kappa shape index (κ3) is 5.40. The molecule has 0 atom stereocenters. The lowest BCUT2D eigenvalue weighted by molar-refractivity contribution is -0.110. The molecule has 0 saturated carbocycles. The largest absolute Gasteiger partial charge is 0.444 e. The van der Waals surface area contributed by atoms with Gasteiger partial charge in [-0.1, -0.05) is 0 Å². The third-order valence-corrected chi connectivity index (χ3v) is 1.68. The second-order valence-electron chi connectivity index (χ2n) is 5.43. The highest BCUT2D eigenvalue weighted by atomic mass is 16.6. The minimum atomic E-state index is -0.538. The van der Waals surface area contributed by atoms with Crippen molar-refractivity contribution in [3.63, 3.8) is 0 Å². The molecule has 0 aliphatic carbocycles. The van der Waals surface area contributed by atoms with Gasteiger partial charge in [-0.05, 0) is 41.5 Å². The van der Waals surface area contributed by atoms with Crippen molar-refractivity contribution < 1.29 is 14.3 Å². The first-order valence-corrected chi connectivity index (χ1v) is 5.02. The highest BCUT2D eigenvalue weighted by Crippen LogP contribution is 2.17. The molecule has 0 aromatic heterocycles. The number of carbonyl (C=O) groups is 2. The first-order chi connectivity index (χ1) is 6.58. The molecular weight excluding hydrogens is 194 g/mol. The van der Waals surface area contributed by atoms with Gasteiger partial charge in [0.05, 0.1) is 6.54 Å². The molecular formula is C11H21NO3. The van der Waals surface area contributed by atoms with Gasteiger partial charge in [-0.3, -0.25) is 4.90 Å². The first kappa shape index (κ1) is 13.9. The van der Waals surface area contributed by atoms with E-state index < -0.39 is 17.2 Å². The number of hydrogen-bond acceptors (Lipinski definition) is 3. The molecule has 0 radical (unpaired) electrons. The Bertz CT molecular complexity index is 235. The molecule has 0 aromatic rings. The Morgan fingerprint density at radius 2 is 1.67 bits per heavy atom. The maximum atomic E-state index is 11.7. The van der Waals surface area contributed by atoms with Crippen molar-refractivity contribution in [2.75, 3.05) is 6.54 Å². The lowest BCUT2D eigenvalue weighted by atomic mass is 10.1. The van der Waals surface area contributed by atoms with Crippen LogP contribution in [0.25, 0.3) is 0 Å². The number of nitrogens with zero attached hydrogens (tertiary/aromatic N) is 1. The van der Waals surface area contributed by atoms with Crippen molar-refractivity contribution >= 4 is 12.4 Å². The molecule has 0 aromatic carbocycles. The van der Waals surface area contributed by atoms with Gasteiger partial charge in [0.25, 0.3) is 0 Å². The summed E-state index contributed by atoms with van der Waals surface area (Å²) in [5.74, 6) is 0.